The van der Waals surface area contributed by atoms with E-state index in [-0.39, 0.29) is 12.1 Å². The lowest BCUT2D eigenvalue weighted by Crippen LogP contribution is -2.31. The average Bonchev–Trinajstić information content (AvgIpc) is 3.13. The predicted molar refractivity (Wildman–Crippen MR) is 64.0 cm³/mol. The summed E-state index contributed by atoms with van der Waals surface area (Å²) in [6, 6.07) is 5.20. The molecule has 1 aliphatic rings. The van der Waals surface area contributed by atoms with Gasteiger partial charge in [-0.2, -0.15) is 13.2 Å². The van der Waals surface area contributed by atoms with E-state index in [0.717, 1.165) is 25.5 Å². The molecule has 0 saturated heterocycles. The molecule has 0 bridgehead atoms. The van der Waals surface area contributed by atoms with Gasteiger partial charge in [-0.15, -0.1) is 0 Å². The highest BCUT2D eigenvalue weighted by Gasteiger charge is 2.35. The van der Waals surface area contributed by atoms with E-state index in [0.29, 0.717) is 5.92 Å². The largest absolute Gasteiger partial charge is 0.416 e. The van der Waals surface area contributed by atoms with Crippen LogP contribution in [0.1, 0.15) is 30.0 Å². The summed E-state index contributed by atoms with van der Waals surface area (Å²) < 4.78 is 38.7. The molecule has 0 aliphatic heterocycles. The fraction of sp³-hybridized carbons (Fsp3) is 0.538. The van der Waals surface area contributed by atoms with Crippen molar-refractivity contribution in [3.8, 4) is 0 Å². The molecule has 1 saturated carbocycles. The van der Waals surface area contributed by atoms with Crippen LogP contribution >= 0.6 is 0 Å². The fourth-order valence-electron chi connectivity index (χ4n) is 2.01. The summed E-state index contributed by atoms with van der Waals surface area (Å²) in [6.07, 6.45) is -2.01. The Morgan fingerprint density at radius 2 is 1.94 bits per heavy atom. The van der Waals surface area contributed by atoms with E-state index in [1.807, 2.05) is 0 Å². The van der Waals surface area contributed by atoms with Crippen LogP contribution in [0.25, 0.3) is 0 Å². The Kier molecular flexibility index (Phi) is 3.92. The summed E-state index contributed by atoms with van der Waals surface area (Å²) in [5.41, 5.74) is 5.24. The van der Waals surface area contributed by atoms with Gasteiger partial charge in [0.1, 0.15) is 0 Å². The molecule has 100 valence electrons. The molecule has 0 heterocycles. The number of halogens is 3. The van der Waals surface area contributed by atoms with Gasteiger partial charge in [0.25, 0.3) is 0 Å². The van der Waals surface area contributed by atoms with Crippen LogP contribution in [0.15, 0.2) is 24.3 Å². The van der Waals surface area contributed by atoms with Crippen LogP contribution in [0.3, 0.4) is 0 Å². The van der Waals surface area contributed by atoms with Crippen LogP contribution in [0.5, 0.6) is 0 Å². The highest BCUT2D eigenvalue weighted by molar-refractivity contribution is 5.32. The molecular weight excluding hydrogens is 241 g/mol. The molecule has 5 heteroatoms. The second kappa shape index (κ2) is 5.28. The SMILES string of the molecule is NCC(NCC1CC1)c1ccccc1C(F)(F)F. The number of alkyl halides is 3. The molecule has 0 aromatic heterocycles. The summed E-state index contributed by atoms with van der Waals surface area (Å²) >= 11 is 0. The molecule has 2 nitrogen and oxygen atoms in total. The Balaban J connectivity index is 2.17. The van der Waals surface area contributed by atoms with Crippen molar-refractivity contribution in [1.82, 2.24) is 5.32 Å². The minimum atomic E-state index is -4.33. The van der Waals surface area contributed by atoms with Gasteiger partial charge in [0.05, 0.1) is 5.56 Å². The number of hydrogen-bond acceptors (Lipinski definition) is 2. The topological polar surface area (TPSA) is 38.0 Å². The zero-order chi connectivity index (χ0) is 13.2. The normalized spacial score (nSPS) is 17.8. The molecule has 0 amide bonds. The number of nitrogens with one attached hydrogen (secondary N) is 1. The van der Waals surface area contributed by atoms with E-state index >= 15 is 0 Å². The van der Waals surface area contributed by atoms with Crippen LogP contribution < -0.4 is 11.1 Å². The molecule has 0 spiro atoms. The number of benzene rings is 1. The van der Waals surface area contributed by atoms with Crippen molar-refractivity contribution in [1.29, 1.82) is 0 Å². The van der Waals surface area contributed by atoms with E-state index in [1.54, 1.807) is 6.07 Å². The van der Waals surface area contributed by atoms with Crippen LogP contribution in [0, 0.1) is 5.92 Å². The molecule has 1 aromatic carbocycles. The second-order valence-corrected chi connectivity index (χ2v) is 4.72. The van der Waals surface area contributed by atoms with Crippen LogP contribution in [-0.2, 0) is 6.18 Å². The van der Waals surface area contributed by atoms with E-state index < -0.39 is 17.8 Å². The Hall–Kier alpha value is -1.07. The van der Waals surface area contributed by atoms with Gasteiger partial charge in [-0.1, -0.05) is 18.2 Å². The zero-order valence-electron chi connectivity index (χ0n) is 10.0. The van der Waals surface area contributed by atoms with E-state index in [2.05, 4.69) is 5.32 Å². The van der Waals surface area contributed by atoms with Crippen molar-refractivity contribution in [2.24, 2.45) is 11.7 Å². The molecular formula is C13H17F3N2. The lowest BCUT2D eigenvalue weighted by atomic mass is 9.99. The third kappa shape index (κ3) is 3.23. The van der Waals surface area contributed by atoms with Crippen molar-refractivity contribution >= 4 is 0 Å². The van der Waals surface area contributed by atoms with Crippen LogP contribution in [-0.4, -0.2) is 13.1 Å². The smallest absolute Gasteiger partial charge is 0.329 e. The minimum Gasteiger partial charge on any atom is -0.329 e. The lowest BCUT2D eigenvalue weighted by Gasteiger charge is -2.21. The summed E-state index contributed by atoms with van der Waals surface area (Å²) in [6.45, 7) is 0.911. The van der Waals surface area contributed by atoms with Gasteiger partial charge in [0.15, 0.2) is 0 Å². The van der Waals surface area contributed by atoms with Gasteiger partial charge in [-0.05, 0) is 36.9 Å². The predicted octanol–water partition coefficient (Wildman–Crippen LogP) is 2.70. The third-order valence-electron chi connectivity index (χ3n) is 3.23. The molecule has 1 fully saturated rings. The van der Waals surface area contributed by atoms with Gasteiger partial charge < -0.3 is 11.1 Å². The average molecular weight is 258 g/mol. The first-order valence-electron chi connectivity index (χ1n) is 6.12. The third-order valence-corrected chi connectivity index (χ3v) is 3.23. The lowest BCUT2D eigenvalue weighted by molar-refractivity contribution is -0.138. The molecule has 1 atom stereocenters. The maximum atomic E-state index is 12.9. The van der Waals surface area contributed by atoms with Gasteiger partial charge >= 0.3 is 6.18 Å². The molecule has 1 unspecified atom stereocenters. The first-order chi connectivity index (χ1) is 8.52. The Bertz CT molecular complexity index is 399. The first kappa shape index (κ1) is 13.4. The highest BCUT2D eigenvalue weighted by atomic mass is 19.4. The number of hydrogen-bond donors (Lipinski definition) is 2. The molecule has 0 radical (unpaired) electrons. The Morgan fingerprint density at radius 3 is 2.50 bits per heavy atom. The maximum Gasteiger partial charge on any atom is 0.416 e. The molecule has 3 N–H and O–H groups in total. The molecule has 1 aliphatic carbocycles. The zero-order valence-corrected chi connectivity index (χ0v) is 10.0. The summed E-state index contributed by atoms with van der Waals surface area (Å²) in [5.74, 6) is 0.608. The van der Waals surface area contributed by atoms with Crippen molar-refractivity contribution in [2.45, 2.75) is 25.1 Å². The molecule has 1 aromatic rings. The van der Waals surface area contributed by atoms with Gasteiger partial charge in [0, 0.05) is 12.6 Å². The highest BCUT2D eigenvalue weighted by Crippen LogP contribution is 2.35. The van der Waals surface area contributed by atoms with Gasteiger partial charge in [-0.25, -0.2) is 0 Å². The molecule has 2 rings (SSSR count). The van der Waals surface area contributed by atoms with Crippen molar-refractivity contribution in [3.63, 3.8) is 0 Å². The second-order valence-electron chi connectivity index (χ2n) is 4.72. The standard InChI is InChI=1S/C13H17F3N2/c14-13(15,16)11-4-2-1-3-10(11)12(7-17)18-8-9-5-6-9/h1-4,9,12,18H,5-8,17H2. The van der Waals surface area contributed by atoms with Crippen molar-refractivity contribution < 1.29 is 13.2 Å². The number of rotatable bonds is 5. The van der Waals surface area contributed by atoms with E-state index in [4.69, 9.17) is 5.73 Å². The van der Waals surface area contributed by atoms with Crippen LogP contribution in [0.2, 0.25) is 0 Å². The fourth-order valence-corrected chi connectivity index (χ4v) is 2.01. The van der Waals surface area contributed by atoms with Gasteiger partial charge in [-0.3, -0.25) is 0 Å². The monoisotopic (exact) mass is 258 g/mol. The van der Waals surface area contributed by atoms with Gasteiger partial charge in [0.2, 0.25) is 0 Å². The van der Waals surface area contributed by atoms with E-state index in [1.165, 1.54) is 12.1 Å². The molecule has 18 heavy (non-hydrogen) atoms. The van der Waals surface area contributed by atoms with Crippen molar-refractivity contribution in [2.75, 3.05) is 13.1 Å². The summed E-state index contributed by atoms with van der Waals surface area (Å²) in [4.78, 5) is 0. The van der Waals surface area contributed by atoms with E-state index in [9.17, 15) is 13.2 Å². The Labute approximate surface area is 104 Å². The Morgan fingerprint density at radius 1 is 1.28 bits per heavy atom. The summed E-state index contributed by atoms with van der Waals surface area (Å²) in [5, 5.41) is 3.14. The van der Waals surface area contributed by atoms with Crippen LogP contribution in [0.4, 0.5) is 13.2 Å². The quantitative estimate of drug-likeness (QED) is 0.852. The minimum absolute atomic E-state index is 0.166. The number of nitrogens with two attached hydrogens (primary N) is 1. The maximum absolute atomic E-state index is 12.9. The first-order valence-corrected chi connectivity index (χ1v) is 6.12. The summed E-state index contributed by atoms with van der Waals surface area (Å²) in [7, 11) is 0. The van der Waals surface area contributed by atoms with Crippen molar-refractivity contribution in [3.05, 3.63) is 35.4 Å².